The predicted molar refractivity (Wildman–Crippen MR) is 112 cm³/mol. The van der Waals surface area contributed by atoms with Crippen LogP contribution in [0.15, 0.2) is 29.3 Å². The van der Waals surface area contributed by atoms with Gasteiger partial charge < -0.3 is 19.9 Å². The van der Waals surface area contributed by atoms with Crippen molar-refractivity contribution in [3.8, 4) is 5.75 Å². The highest BCUT2D eigenvalue weighted by molar-refractivity contribution is 5.80. The summed E-state index contributed by atoms with van der Waals surface area (Å²) in [5.74, 6) is 2.72. The topological polar surface area (TPSA) is 40.1 Å². The summed E-state index contributed by atoms with van der Waals surface area (Å²) in [6.07, 6.45) is 6.80. The highest BCUT2D eigenvalue weighted by atomic mass is 16.5. The molecular formula is C22H34N4O. The molecule has 1 aromatic carbocycles. The minimum absolute atomic E-state index is 0.615. The van der Waals surface area contributed by atoms with Crippen LogP contribution in [0.25, 0.3) is 0 Å². The first-order valence-electron chi connectivity index (χ1n) is 10.6. The van der Waals surface area contributed by atoms with E-state index in [-0.39, 0.29) is 0 Å². The van der Waals surface area contributed by atoms with Crippen molar-refractivity contribution < 1.29 is 4.74 Å². The Bertz CT molecular complexity index is 670. The summed E-state index contributed by atoms with van der Waals surface area (Å²) in [4.78, 5) is 10.0. The van der Waals surface area contributed by atoms with Crippen molar-refractivity contribution in [2.45, 2.75) is 39.0 Å². The SMILES string of the molecule is CCNC(=NCC1CCN(c2ccccc2OC)C1)N1CCC2(CCC2)C1. The van der Waals surface area contributed by atoms with Gasteiger partial charge in [0.05, 0.1) is 12.8 Å². The van der Waals surface area contributed by atoms with Gasteiger partial charge in [-0.3, -0.25) is 4.99 Å². The summed E-state index contributed by atoms with van der Waals surface area (Å²) in [5, 5.41) is 3.54. The van der Waals surface area contributed by atoms with Crippen LogP contribution in [-0.4, -0.2) is 57.2 Å². The molecule has 5 heteroatoms. The lowest BCUT2D eigenvalue weighted by molar-refractivity contribution is 0.151. The zero-order valence-corrected chi connectivity index (χ0v) is 16.9. The van der Waals surface area contributed by atoms with Crippen LogP contribution in [0.1, 0.15) is 39.0 Å². The average Bonchev–Trinajstić information content (AvgIpc) is 3.32. The van der Waals surface area contributed by atoms with E-state index in [2.05, 4.69) is 34.2 Å². The largest absolute Gasteiger partial charge is 0.495 e. The fraction of sp³-hybridized carbons (Fsp3) is 0.682. The number of likely N-dealkylation sites (tertiary alicyclic amines) is 1. The molecule has 0 bridgehead atoms. The Kier molecular flexibility index (Phi) is 5.46. The number of methoxy groups -OCH3 is 1. The van der Waals surface area contributed by atoms with Gasteiger partial charge in [0.1, 0.15) is 5.75 Å². The van der Waals surface area contributed by atoms with Crippen LogP contribution >= 0.6 is 0 Å². The number of anilines is 1. The molecule has 2 aliphatic heterocycles. The smallest absolute Gasteiger partial charge is 0.193 e. The maximum absolute atomic E-state index is 5.54. The molecule has 1 unspecified atom stereocenters. The first-order valence-corrected chi connectivity index (χ1v) is 10.6. The number of aliphatic imine (C=N–C) groups is 1. The second-order valence-corrected chi connectivity index (χ2v) is 8.49. The van der Waals surface area contributed by atoms with Crippen molar-refractivity contribution in [2.24, 2.45) is 16.3 Å². The molecule has 0 aromatic heterocycles. The van der Waals surface area contributed by atoms with Crippen LogP contribution in [0, 0.1) is 11.3 Å². The molecule has 148 valence electrons. The second-order valence-electron chi connectivity index (χ2n) is 8.49. The van der Waals surface area contributed by atoms with Crippen LogP contribution in [0.3, 0.4) is 0 Å². The van der Waals surface area contributed by atoms with Crippen molar-refractivity contribution in [2.75, 3.05) is 51.3 Å². The van der Waals surface area contributed by atoms with Crippen LogP contribution in [-0.2, 0) is 0 Å². The zero-order chi connectivity index (χ0) is 18.7. The molecular weight excluding hydrogens is 336 g/mol. The first-order chi connectivity index (χ1) is 13.2. The number of hydrogen-bond acceptors (Lipinski definition) is 3. The fourth-order valence-corrected chi connectivity index (χ4v) is 4.93. The van der Waals surface area contributed by atoms with Gasteiger partial charge in [0.25, 0.3) is 0 Å². The minimum atomic E-state index is 0.615. The first kappa shape index (κ1) is 18.5. The van der Waals surface area contributed by atoms with Gasteiger partial charge in [-0.2, -0.15) is 0 Å². The third-order valence-corrected chi connectivity index (χ3v) is 6.70. The van der Waals surface area contributed by atoms with Gasteiger partial charge in [0.2, 0.25) is 0 Å². The van der Waals surface area contributed by atoms with Crippen molar-refractivity contribution in [3.05, 3.63) is 24.3 Å². The lowest BCUT2D eigenvalue weighted by atomic mass is 9.68. The van der Waals surface area contributed by atoms with Gasteiger partial charge in [-0.15, -0.1) is 0 Å². The molecule has 4 rings (SSSR count). The Labute approximate surface area is 163 Å². The van der Waals surface area contributed by atoms with E-state index >= 15 is 0 Å². The Balaban J connectivity index is 1.36. The van der Waals surface area contributed by atoms with E-state index in [0.29, 0.717) is 11.3 Å². The van der Waals surface area contributed by atoms with E-state index in [1.807, 2.05) is 12.1 Å². The third kappa shape index (κ3) is 3.87. The number of benzene rings is 1. The Morgan fingerprint density at radius 1 is 1.26 bits per heavy atom. The van der Waals surface area contributed by atoms with Gasteiger partial charge in [-0.25, -0.2) is 0 Å². The maximum Gasteiger partial charge on any atom is 0.193 e. The summed E-state index contributed by atoms with van der Waals surface area (Å²) in [7, 11) is 1.75. The quantitative estimate of drug-likeness (QED) is 0.637. The molecule has 27 heavy (non-hydrogen) atoms. The van der Waals surface area contributed by atoms with E-state index < -0.39 is 0 Å². The number of nitrogens with one attached hydrogen (secondary N) is 1. The Morgan fingerprint density at radius 2 is 2.11 bits per heavy atom. The predicted octanol–water partition coefficient (Wildman–Crippen LogP) is 3.36. The van der Waals surface area contributed by atoms with Gasteiger partial charge in [-0.1, -0.05) is 18.6 Å². The van der Waals surface area contributed by atoms with E-state index in [4.69, 9.17) is 9.73 Å². The molecule has 1 atom stereocenters. The minimum Gasteiger partial charge on any atom is -0.495 e. The summed E-state index contributed by atoms with van der Waals surface area (Å²) in [6.45, 7) is 8.55. The lowest BCUT2D eigenvalue weighted by Gasteiger charge is -2.38. The van der Waals surface area contributed by atoms with Crippen molar-refractivity contribution in [1.29, 1.82) is 0 Å². The highest BCUT2D eigenvalue weighted by Gasteiger charge is 2.43. The monoisotopic (exact) mass is 370 g/mol. The van der Waals surface area contributed by atoms with E-state index in [0.717, 1.165) is 37.9 Å². The summed E-state index contributed by atoms with van der Waals surface area (Å²) >= 11 is 0. The van der Waals surface area contributed by atoms with Gasteiger partial charge in [0.15, 0.2) is 5.96 Å². The number of rotatable bonds is 5. The number of guanidine groups is 1. The van der Waals surface area contributed by atoms with Crippen LogP contribution in [0.5, 0.6) is 5.75 Å². The lowest BCUT2D eigenvalue weighted by Crippen LogP contribution is -2.42. The number of hydrogen-bond donors (Lipinski definition) is 1. The van der Waals surface area contributed by atoms with E-state index in [1.54, 1.807) is 7.11 Å². The Hall–Kier alpha value is -1.91. The number of nitrogens with zero attached hydrogens (tertiary/aromatic N) is 3. The van der Waals surface area contributed by atoms with Crippen LogP contribution < -0.4 is 15.0 Å². The van der Waals surface area contributed by atoms with Crippen LogP contribution in [0.4, 0.5) is 5.69 Å². The van der Waals surface area contributed by atoms with Crippen molar-refractivity contribution in [1.82, 2.24) is 10.2 Å². The maximum atomic E-state index is 5.54. The van der Waals surface area contributed by atoms with Gasteiger partial charge >= 0.3 is 0 Å². The Morgan fingerprint density at radius 3 is 2.81 bits per heavy atom. The number of para-hydroxylation sites is 2. The molecule has 3 fully saturated rings. The molecule has 2 saturated heterocycles. The molecule has 1 N–H and O–H groups in total. The summed E-state index contributed by atoms with van der Waals surface area (Å²) in [5.41, 5.74) is 1.83. The standard InChI is InChI=1S/C22H34N4O/c1-3-23-21(26-14-12-22(17-26)10-6-11-22)24-15-18-9-13-25(16-18)19-7-4-5-8-20(19)27-2/h4-5,7-8,18H,3,6,9-17H2,1-2H3,(H,23,24). The molecule has 1 spiro atoms. The average molecular weight is 371 g/mol. The molecule has 1 aliphatic carbocycles. The number of ether oxygens (including phenoxy) is 1. The third-order valence-electron chi connectivity index (χ3n) is 6.70. The second kappa shape index (κ2) is 7.99. The van der Waals surface area contributed by atoms with Crippen LogP contribution in [0.2, 0.25) is 0 Å². The summed E-state index contributed by atoms with van der Waals surface area (Å²) < 4.78 is 5.54. The van der Waals surface area contributed by atoms with Gasteiger partial charge in [-0.05, 0) is 56.1 Å². The normalized spacial score (nSPS) is 24.4. The van der Waals surface area contributed by atoms with E-state index in [9.17, 15) is 0 Å². The fourth-order valence-electron chi connectivity index (χ4n) is 4.93. The van der Waals surface area contributed by atoms with E-state index in [1.165, 1.54) is 50.9 Å². The summed E-state index contributed by atoms with van der Waals surface area (Å²) in [6, 6.07) is 8.34. The zero-order valence-electron chi connectivity index (χ0n) is 16.9. The molecule has 1 saturated carbocycles. The molecule has 1 aromatic rings. The van der Waals surface area contributed by atoms with Gasteiger partial charge in [0, 0.05) is 39.3 Å². The molecule has 3 aliphatic rings. The van der Waals surface area contributed by atoms with Crippen molar-refractivity contribution in [3.63, 3.8) is 0 Å². The van der Waals surface area contributed by atoms with Crippen molar-refractivity contribution >= 4 is 11.6 Å². The molecule has 0 radical (unpaired) electrons. The molecule has 5 nitrogen and oxygen atoms in total. The molecule has 2 heterocycles. The highest BCUT2D eigenvalue weighted by Crippen LogP contribution is 2.47. The molecule has 0 amide bonds.